The number of hydrogen-bond acceptors (Lipinski definition) is 13. The normalized spacial score (nSPS) is 14.2. The molecule has 13 nitrogen and oxygen atoms in total. The van der Waals surface area contributed by atoms with Crippen molar-refractivity contribution in [3.05, 3.63) is 0 Å². The van der Waals surface area contributed by atoms with Crippen LogP contribution in [-0.2, 0) is 57.2 Å². The van der Waals surface area contributed by atoms with E-state index in [0.717, 1.165) is 53.4 Å². The number of esters is 6. The first-order chi connectivity index (χ1) is 21.3. The average Bonchev–Trinajstić information content (AvgIpc) is 2.93. The lowest BCUT2D eigenvalue weighted by molar-refractivity contribution is -0.197. The average molecular weight is 647 g/mol. The maximum absolute atomic E-state index is 12.7. The van der Waals surface area contributed by atoms with Crippen molar-refractivity contribution < 1.29 is 62.3 Å². The van der Waals surface area contributed by atoms with Gasteiger partial charge >= 0.3 is 35.8 Å². The summed E-state index contributed by atoms with van der Waals surface area (Å²) in [5.41, 5.74) is 0. The molecule has 0 aliphatic rings. The van der Waals surface area contributed by atoms with Crippen LogP contribution in [0.25, 0.3) is 0 Å². The van der Waals surface area contributed by atoms with Gasteiger partial charge in [0, 0.05) is 34.6 Å². The molecule has 13 heteroatoms. The highest BCUT2D eigenvalue weighted by molar-refractivity contribution is 5.72. The summed E-state index contributed by atoms with van der Waals surface area (Å²) in [4.78, 5) is 71.0. The second-order valence-electron chi connectivity index (χ2n) is 11.1. The molecule has 0 rings (SSSR count). The van der Waals surface area contributed by atoms with Gasteiger partial charge in [0.2, 0.25) is 0 Å². The summed E-state index contributed by atoms with van der Waals surface area (Å²) in [6.45, 7) is 6.44. The van der Waals surface area contributed by atoms with Crippen molar-refractivity contribution in [1.29, 1.82) is 0 Å². The molecular weight excluding hydrogens is 592 g/mol. The lowest BCUT2D eigenvalue weighted by Gasteiger charge is -2.33. The molecule has 0 saturated heterocycles. The molecule has 0 aliphatic heterocycles. The number of hydrogen-bond donors (Lipinski definition) is 1. The molecule has 0 fully saturated rings. The third kappa shape index (κ3) is 22.9. The van der Waals surface area contributed by atoms with Gasteiger partial charge in [-0.2, -0.15) is 0 Å². The summed E-state index contributed by atoms with van der Waals surface area (Å²) in [6.07, 6.45) is 5.50. The van der Waals surface area contributed by atoms with Crippen molar-refractivity contribution in [2.45, 2.75) is 156 Å². The number of carbonyl (C=O) groups is 6. The standard InChI is InChI=1S/C32H54O13/c1-7-8-9-10-11-12-13-14-15-16-17-18-27(42-23(3)34)19-30(38)41-21-29(44-25(5)36)32(45-26(6)37)31(39)28(43-24(4)35)20-40-22(2)33/h27-29,31-32,39H,7-21H2,1-6H3/t27?,28-,29-,31-,32-/m1/s1. The lowest BCUT2D eigenvalue weighted by atomic mass is 10.0. The minimum atomic E-state index is -1.85. The zero-order valence-corrected chi connectivity index (χ0v) is 27.8. The number of unbranched alkanes of at least 4 members (excludes halogenated alkanes) is 10. The van der Waals surface area contributed by atoms with Gasteiger partial charge < -0.3 is 33.5 Å². The zero-order valence-electron chi connectivity index (χ0n) is 27.8. The van der Waals surface area contributed by atoms with Gasteiger partial charge in [0.15, 0.2) is 18.3 Å². The summed E-state index contributed by atoms with van der Waals surface area (Å²) in [5, 5.41) is 11.0. The van der Waals surface area contributed by atoms with E-state index in [1.54, 1.807) is 0 Å². The van der Waals surface area contributed by atoms with E-state index in [9.17, 15) is 33.9 Å². The molecule has 0 saturated carbocycles. The van der Waals surface area contributed by atoms with Gasteiger partial charge in [0.1, 0.15) is 25.4 Å². The molecule has 0 spiro atoms. The first-order valence-electron chi connectivity index (χ1n) is 15.9. The van der Waals surface area contributed by atoms with Crippen LogP contribution in [0.2, 0.25) is 0 Å². The lowest BCUT2D eigenvalue weighted by Crippen LogP contribution is -2.52. The predicted molar refractivity (Wildman–Crippen MR) is 162 cm³/mol. The molecule has 0 aromatic rings. The van der Waals surface area contributed by atoms with Crippen LogP contribution in [0.5, 0.6) is 0 Å². The van der Waals surface area contributed by atoms with Gasteiger partial charge in [0.05, 0.1) is 6.42 Å². The second kappa shape index (κ2) is 25.0. The third-order valence-electron chi connectivity index (χ3n) is 6.74. The molecule has 5 atom stereocenters. The van der Waals surface area contributed by atoms with E-state index in [0.29, 0.717) is 6.42 Å². The van der Waals surface area contributed by atoms with E-state index in [4.69, 9.17) is 28.4 Å². The van der Waals surface area contributed by atoms with Crippen molar-refractivity contribution in [2.24, 2.45) is 0 Å². The van der Waals surface area contributed by atoms with E-state index in [1.165, 1.54) is 51.9 Å². The minimum Gasteiger partial charge on any atom is -0.462 e. The van der Waals surface area contributed by atoms with Crippen molar-refractivity contribution >= 4 is 35.8 Å². The molecule has 45 heavy (non-hydrogen) atoms. The SMILES string of the molecule is CCCCCCCCCCCCCC(CC(=O)OC[C@@H](OC(C)=O)[C@@H](OC(C)=O)[C@H](O)[C@@H](COC(C)=O)OC(C)=O)OC(C)=O. The highest BCUT2D eigenvalue weighted by atomic mass is 16.6. The Labute approximate surface area is 266 Å². The van der Waals surface area contributed by atoms with E-state index < -0.39 is 79.5 Å². The Kier molecular flexibility index (Phi) is 23.2. The molecule has 0 amide bonds. The Morgan fingerprint density at radius 1 is 0.533 bits per heavy atom. The van der Waals surface area contributed by atoms with E-state index in [1.807, 2.05) is 0 Å². The van der Waals surface area contributed by atoms with Gasteiger partial charge in [-0.1, -0.05) is 71.1 Å². The highest BCUT2D eigenvalue weighted by Gasteiger charge is 2.41. The topological polar surface area (TPSA) is 178 Å². The number of aliphatic hydroxyl groups is 1. The van der Waals surface area contributed by atoms with Gasteiger partial charge in [-0.25, -0.2) is 0 Å². The summed E-state index contributed by atoms with van der Waals surface area (Å²) < 4.78 is 30.9. The minimum absolute atomic E-state index is 0.270. The first-order valence-corrected chi connectivity index (χ1v) is 15.9. The quantitative estimate of drug-likeness (QED) is 0.0845. The van der Waals surface area contributed by atoms with Crippen LogP contribution in [0.4, 0.5) is 0 Å². The molecule has 0 aromatic carbocycles. The Morgan fingerprint density at radius 2 is 0.978 bits per heavy atom. The van der Waals surface area contributed by atoms with Crippen molar-refractivity contribution in [3.63, 3.8) is 0 Å². The van der Waals surface area contributed by atoms with Crippen LogP contribution in [0.3, 0.4) is 0 Å². The fraction of sp³-hybridized carbons (Fsp3) is 0.812. The van der Waals surface area contributed by atoms with E-state index >= 15 is 0 Å². The van der Waals surface area contributed by atoms with Gasteiger partial charge in [-0.3, -0.25) is 28.8 Å². The van der Waals surface area contributed by atoms with Crippen LogP contribution < -0.4 is 0 Å². The smallest absolute Gasteiger partial charge is 0.309 e. The van der Waals surface area contributed by atoms with Crippen molar-refractivity contribution in [1.82, 2.24) is 0 Å². The van der Waals surface area contributed by atoms with Gasteiger partial charge in [-0.15, -0.1) is 0 Å². The number of carbonyl (C=O) groups excluding carboxylic acids is 6. The monoisotopic (exact) mass is 646 g/mol. The number of aliphatic hydroxyl groups excluding tert-OH is 1. The van der Waals surface area contributed by atoms with Crippen molar-refractivity contribution in [2.75, 3.05) is 13.2 Å². The molecule has 260 valence electrons. The van der Waals surface area contributed by atoms with Crippen LogP contribution in [0.1, 0.15) is 125 Å². The fourth-order valence-corrected chi connectivity index (χ4v) is 4.69. The van der Waals surface area contributed by atoms with E-state index in [2.05, 4.69) is 6.92 Å². The molecule has 0 aliphatic carbocycles. The fourth-order valence-electron chi connectivity index (χ4n) is 4.69. The van der Waals surface area contributed by atoms with Crippen LogP contribution in [0, 0.1) is 0 Å². The summed E-state index contributed by atoms with van der Waals surface area (Å²) in [6, 6.07) is 0. The maximum Gasteiger partial charge on any atom is 0.309 e. The second-order valence-corrected chi connectivity index (χ2v) is 11.1. The maximum atomic E-state index is 12.7. The Balaban J connectivity index is 5.22. The summed E-state index contributed by atoms with van der Waals surface area (Å²) in [5.74, 6) is -4.64. The summed E-state index contributed by atoms with van der Waals surface area (Å²) >= 11 is 0. The number of rotatable bonds is 25. The van der Waals surface area contributed by atoms with Crippen LogP contribution in [-0.4, -0.2) is 84.7 Å². The first kappa shape index (κ1) is 41.8. The molecule has 0 bridgehead atoms. The molecular formula is C32H54O13. The molecule has 1 unspecified atom stereocenters. The highest BCUT2D eigenvalue weighted by Crippen LogP contribution is 2.19. The molecule has 0 radical (unpaired) electrons. The van der Waals surface area contributed by atoms with E-state index in [-0.39, 0.29) is 6.42 Å². The van der Waals surface area contributed by atoms with Crippen molar-refractivity contribution in [3.8, 4) is 0 Å². The predicted octanol–water partition coefficient (Wildman–Crippen LogP) is 4.27. The summed E-state index contributed by atoms with van der Waals surface area (Å²) in [7, 11) is 0. The Morgan fingerprint density at radius 3 is 1.44 bits per heavy atom. The van der Waals surface area contributed by atoms with Crippen LogP contribution in [0.15, 0.2) is 0 Å². The van der Waals surface area contributed by atoms with Gasteiger partial charge in [0.25, 0.3) is 0 Å². The Bertz CT molecular complexity index is 903. The molecule has 1 N–H and O–H groups in total. The number of ether oxygens (including phenoxy) is 6. The van der Waals surface area contributed by atoms with Gasteiger partial charge in [-0.05, 0) is 12.8 Å². The van der Waals surface area contributed by atoms with Crippen LogP contribution >= 0.6 is 0 Å². The zero-order chi connectivity index (χ0) is 34.2. The largest absolute Gasteiger partial charge is 0.462 e. The Hall–Kier alpha value is -3.22. The third-order valence-corrected chi connectivity index (χ3v) is 6.74. The molecule has 0 heterocycles. The molecule has 0 aromatic heterocycles.